The zero-order chi connectivity index (χ0) is 15.5. The summed E-state index contributed by atoms with van der Waals surface area (Å²) in [6, 6.07) is 10.3. The Bertz CT molecular complexity index is 653. The molecule has 0 bridgehead atoms. The highest BCUT2D eigenvalue weighted by Crippen LogP contribution is 2.23. The van der Waals surface area contributed by atoms with Gasteiger partial charge in [0.1, 0.15) is 0 Å². The minimum absolute atomic E-state index is 0.182. The number of hydrogen-bond donors (Lipinski definition) is 0. The number of carbonyl (C=O) groups excluding carboxylic acids is 1. The molecule has 1 aromatic heterocycles. The monoisotopic (exact) mass is 378 g/mol. The maximum absolute atomic E-state index is 12.4. The van der Waals surface area contributed by atoms with E-state index in [1.165, 1.54) is 10.4 Å². The lowest BCUT2D eigenvalue weighted by molar-refractivity contribution is -0.131. The average Bonchev–Trinajstić information content (AvgIpc) is 2.97. The summed E-state index contributed by atoms with van der Waals surface area (Å²) in [6.45, 7) is 3.04. The van der Waals surface area contributed by atoms with Crippen molar-refractivity contribution in [3.05, 3.63) is 56.2 Å². The van der Waals surface area contributed by atoms with E-state index >= 15 is 0 Å². The molecule has 5 heteroatoms. The van der Waals surface area contributed by atoms with E-state index in [9.17, 15) is 4.79 Å². The summed E-state index contributed by atoms with van der Waals surface area (Å²) in [5.41, 5.74) is 2.54. The van der Waals surface area contributed by atoms with Crippen LogP contribution in [0.15, 0.2) is 40.2 Å². The van der Waals surface area contributed by atoms with Crippen molar-refractivity contribution in [2.45, 2.75) is 19.5 Å². The standard InChI is InChI=1S/C17H19BrN2OS/c1-19(10-13-2-4-15(18)5-3-13)17(21)12-20-8-6-16-14(11-20)7-9-22-16/h2-5,7,9H,6,8,10-12H2,1H3. The van der Waals surface area contributed by atoms with Gasteiger partial charge in [-0.05, 0) is 41.1 Å². The third-order valence-corrected chi connectivity index (χ3v) is 5.56. The molecule has 2 heterocycles. The van der Waals surface area contributed by atoms with Gasteiger partial charge in [-0.3, -0.25) is 9.69 Å². The summed E-state index contributed by atoms with van der Waals surface area (Å²) >= 11 is 5.26. The molecule has 116 valence electrons. The van der Waals surface area contributed by atoms with Crippen molar-refractivity contribution >= 4 is 33.2 Å². The molecule has 0 fully saturated rings. The fraction of sp³-hybridized carbons (Fsp3) is 0.353. The van der Waals surface area contributed by atoms with E-state index in [2.05, 4.69) is 32.3 Å². The summed E-state index contributed by atoms with van der Waals surface area (Å²) in [5, 5.41) is 2.15. The molecule has 1 aromatic carbocycles. The van der Waals surface area contributed by atoms with Gasteiger partial charge in [0.25, 0.3) is 0 Å². The van der Waals surface area contributed by atoms with Crippen molar-refractivity contribution in [2.24, 2.45) is 0 Å². The molecular weight excluding hydrogens is 360 g/mol. The van der Waals surface area contributed by atoms with Crippen LogP contribution in [-0.2, 0) is 24.3 Å². The maximum atomic E-state index is 12.4. The molecule has 0 aliphatic carbocycles. The summed E-state index contributed by atoms with van der Waals surface area (Å²) in [6.07, 6.45) is 1.07. The zero-order valence-corrected chi connectivity index (χ0v) is 15.0. The number of likely N-dealkylation sites (N-methyl/N-ethyl adjacent to an activating group) is 1. The number of halogens is 1. The lowest BCUT2D eigenvalue weighted by Crippen LogP contribution is -2.40. The number of fused-ring (bicyclic) bond motifs is 1. The van der Waals surface area contributed by atoms with E-state index in [0.29, 0.717) is 13.1 Å². The Hall–Kier alpha value is -1.17. The first-order valence-corrected chi connectivity index (χ1v) is 9.05. The summed E-state index contributed by atoms with van der Waals surface area (Å²) < 4.78 is 1.06. The van der Waals surface area contributed by atoms with Crippen molar-refractivity contribution in [2.75, 3.05) is 20.1 Å². The highest BCUT2D eigenvalue weighted by atomic mass is 79.9. The van der Waals surface area contributed by atoms with Crippen LogP contribution in [0.25, 0.3) is 0 Å². The summed E-state index contributed by atoms with van der Waals surface area (Å²) in [7, 11) is 1.88. The normalized spacial score (nSPS) is 14.6. The van der Waals surface area contributed by atoms with E-state index in [0.717, 1.165) is 29.5 Å². The first-order valence-electron chi connectivity index (χ1n) is 7.38. The molecule has 2 aromatic rings. The minimum atomic E-state index is 0.182. The van der Waals surface area contributed by atoms with Crippen LogP contribution in [0.2, 0.25) is 0 Å². The zero-order valence-electron chi connectivity index (χ0n) is 12.6. The average molecular weight is 379 g/mol. The van der Waals surface area contributed by atoms with Gasteiger partial charge in [-0.15, -0.1) is 11.3 Å². The van der Waals surface area contributed by atoms with Gasteiger partial charge in [-0.2, -0.15) is 0 Å². The number of benzene rings is 1. The third kappa shape index (κ3) is 3.77. The van der Waals surface area contributed by atoms with Crippen LogP contribution < -0.4 is 0 Å². The predicted octanol–water partition coefficient (Wildman–Crippen LogP) is 3.53. The molecule has 0 saturated heterocycles. The predicted molar refractivity (Wildman–Crippen MR) is 93.9 cm³/mol. The summed E-state index contributed by atoms with van der Waals surface area (Å²) in [4.78, 5) is 17.9. The van der Waals surface area contributed by atoms with E-state index in [4.69, 9.17) is 0 Å². The SMILES string of the molecule is CN(Cc1ccc(Br)cc1)C(=O)CN1CCc2sccc2C1. The smallest absolute Gasteiger partial charge is 0.236 e. The first kappa shape index (κ1) is 15.7. The Kier molecular flexibility index (Phi) is 4.96. The second kappa shape index (κ2) is 6.94. The molecule has 0 N–H and O–H groups in total. The Balaban J connectivity index is 1.54. The Morgan fingerprint density at radius 3 is 2.86 bits per heavy atom. The number of amides is 1. The minimum Gasteiger partial charge on any atom is -0.340 e. The molecule has 22 heavy (non-hydrogen) atoms. The second-order valence-corrected chi connectivity index (χ2v) is 7.62. The molecule has 3 rings (SSSR count). The fourth-order valence-corrected chi connectivity index (χ4v) is 3.86. The van der Waals surface area contributed by atoms with Gasteiger partial charge in [-0.1, -0.05) is 28.1 Å². The Morgan fingerprint density at radius 2 is 2.09 bits per heavy atom. The van der Waals surface area contributed by atoms with E-state index in [1.807, 2.05) is 47.5 Å². The topological polar surface area (TPSA) is 23.6 Å². The summed E-state index contributed by atoms with van der Waals surface area (Å²) in [5.74, 6) is 0.182. The molecular formula is C17H19BrN2OS. The molecule has 0 spiro atoms. The van der Waals surface area contributed by atoms with Crippen molar-refractivity contribution in [3.8, 4) is 0 Å². The van der Waals surface area contributed by atoms with Gasteiger partial charge in [0.2, 0.25) is 5.91 Å². The molecule has 0 radical (unpaired) electrons. The van der Waals surface area contributed by atoms with Gasteiger partial charge in [0, 0.05) is 36.0 Å². The van der Waals surface area contributed by atoms with Crippen molar-refractivity contribution < 1.29 is 4.79 Å². The van der Waals surface area contributed by atoms with Gasteiger partial charge >= 0.3 is 0 Å². The second-order valence-electron chi connectivity index (χ2n) is 5.71. The van der Waals surface area contributed by atoms with Crippen LogP contribution in [-0.4, -0.2) is 35.8 Å². The highest BCUT2D eigenvalue weighted by molar-refractivity contribution is 9.10. The maximum Gasteiger partial charge on any atom is 0.236 e. The van der Waals surface area contributed by atoms with Gasteiger partial charge in [-0.25, -0.2) is 0 Å². The van der Waals surface area contributed by atoms with Crippen LogP contribution in [0.1, 0.15) is 16.0 Å². The van der Waals surface area contributed by atoms with Crippen LogP contribution in [0.4, 0.5) is 0 Å². The van der Waals surface area contributed by atoms with Crippen molar-refractivity contribution in [1.82, 2.24) is 9.80 Å². The van der Waals surface area contributed by atoms with E-state index < -0.39 is 0 Å². The number of carbonyl (C=O) groups is 1. The lowest BCUT2D eigenvalue weighted by atomic mass is 10.1. The van der Waals surface area contributed by atoms with Gasteiger partial charge in [0.05, 0.1) is 6.54 Å². The Labute approximate surface area is 143 Å². The Morgan fingerprint density at radius 1 is 1.32 bits per heavy atom. The van der Waals surface area contributed by atoms with E-state index in [-0.39, 0.29) is 5.91 Å². The molecule has 1 aliphatic rings. The van der Waals surface area contributed by atoms with Gasteiger partial charge in [0.15, 0.2) is 0 Å². The number of thiophene rings is 1. The van der Waals surface area contributed by atoms with Crippen molar-refractivity contribution in [1.29, 1.82) is 0 Å². The quantitative estimate of drug-likeness (QED) is 0.812. The van der Waals surface area contributed by atoms with Crippen LogP contribution >= 0.6 is 27.3 Å². The number of hydrogen-bond acceptors (Lipinski definition) is 3. The van der Waals surface area contributed by atoms with E-state index in [1.54, 1.807) is 0 Å². The van der Waals surface area contributed by atoms with Crippen LogP contribution in [0.5, 0.6) is 0 Å². The molecule has 1 aliphatic heterocycles. The van der Waals surface area contributed by atoms with Gasteiger partial charge < -0.3 is 4.90 Å². The largest absolute Gasteiger partial charge is 0.340 e. The molecule has 0 unspecified atom stereocenters. The molecule has 0 saturated carbocycles. The number of rotatable bonds is 4. The molecule has 3 nitrogen and oxygen atoms in total. The van der Waals surface area contributed by atoms with Crippen molar-refractivity contribution in [3.63, 3.8) is 0 Å². The lowest BCUT2D eigenvalue weighted by Gasteiger charge is -2.28. The highest BCUT2D eigenvalue weighted by Gasteiger charge is 2.20. The van der Waals surface area contributed by atoms with Crippen LogP contribution in [0, 0.1) is 0 Å². The number of nitrogens with zero attached hydrogens (tertiary/aromatic N) is 2. The van der Waals surface area contributed by atoms with Crippen LogP contribution in [0.3, 0.4) is 0 Å². The molecule has 1 amide bonds. The first-order chi connectivity index (χ1) is 10.6. The molecule has 0 atom stereocenters. The third-order valence-electron chi connectivity index (χ3n) is 4.00. The fourth-order valence-electron chi connectivity index (χ4n) is 2.71.